The van der Waals surface area contributed by atoms with Gasteiger partial charge in [0.25, 0.3) is 5.69 Å². The third-order valence-corrected chi connectivity index (χ3v) is 4.18. The Kier molecular flexibility index (Phi) is 5.02. The van der Waals surface area contributed by atoms with E-state index in [4.69, 9.17) is 9.72 Å². The van der Waals surface area contributed by atoms with Crippen LogP contribution >= 0.6 is 0 Å². The molecule has 0 radical (unpaired) electrons. The van der Waals surface area contributed by atoms with E-state index in [0.717, 1.165) is 5.56 Å². The van der Waals surface area contributed by atoms with E-state index in [1.54, 1.807) is 24.5 Å². The molecule has 0 N–H and O–H groups in total. The Hall–Kier alpha value is -3.49. The third-order valence-electron chi connectivity index (χ3n) is 4.18. The van der Waals surface area contributed by atoms with Crippen molar-refractivity contribution in [3.05, 3.63) is 63.7 Å². The SMILES string of the molecule is COC(=O)Cc1c(N(C)C)nc(Cc2ccc([N+](=O)[O-])cc2)n2ccnc12. The van der Waals surface area contributed by atoms with Gasteiger partial charge in [0.2, 0.25) is 0 Å². The zero-order valence-electron chi connectivity index (χ0n) is 15.2. The first-order chi connectivity index (χ1) is 12.9. The summed E-state index contributed by atoms with van der Waals surface area (Å²) in [6.45, 7) is 0. The molecule has 0 saturated carbocycles. The molecule has 0 aliphatic carbocycles. The second kappa shape index (κ2) is 7.40. The lowest BCUT2D eigenvalue weighted by atomic mass is 10.1. The molecule has 0 spiro atoms. The number of imidazole rings is 1. The van der Waals surface area contributed by atoms with Crippen LogP contribution < -0.4 is 4.90 Å². The molecule has 1 aromatic carbocycles. The van der Waals surface area contributed by atoms with E-state index >= 15 is 0 Å². The van der Waals surface area contributed by atoms with Crippen LogP contribution in [0.15, 0.2) is 36.7 Å². The van der Waals surface area contributed by atoms with Crippen LogP contribution in [0.25, 0.3) is 5.65 Å². The molecule has 2 aromatic heterocycles. The second-order valence-electron chi connectivity index (χ2n) is 6.20. The zero-order valence-corrected chi connectivity index (χ0v) is 15.2. The van der Waals surface area contributed by atoms with Gasteiger partial charge in [0.05, 0.1) is 18.5 Å². The minimum Gasteiger partial charge on any atom is -0.469 e. The predicted octanol–water partition coefficient (Wildman–Crippen LogP) is 2.01. The number of ether oxygens (including phenoxy) is 1. The second-order valence-corrected chi connectivity index (χ2v) is 6.20. The maximum Gasteiger partial charge on any atom is 0.310 e. The molecule has 2 heterocycles. The highest BCUT2D eigenvalue weighted by Crippen LogP contribution is 2.24. The standard InChI is InChI=1S/C18H19N5O4/c1-21(2)18-14(11-16(24)27-3)17-19-8-9-22(17)15(20-18)10-12-4-6-13(7-5-12)23(25)26/h4-9H,10-11H2,1-3H3. The number of non-ortho nitro benzene ring substituents is 1. The number of fused-ring (bicyclic) bond motifs is 1. The van der Waals surface area contributed by atoms with Crippen LogP contribution in [-0.2, 0) is 22.4 Å². The van der Waals surface area contributed by atoms with E-state index in [9.17, 15) is 14.9 Å². The van der Waals surface area contributed by atoms with Gasteiger partial charge in [-0.15, -0.1) is 0 Å². The van der Waals surface area contributed by atoms with E-state index < -0.39 is 4.92 Å². The lowest BCUT2D eigenvalue weighted by Gasteiger charge is -2.19. The van der Waals surface area contributed by atoms with Crippen LogP contribution in [0.1, 0.15) is 17.0 Å². The van der Waals surface area contributed by atoms with Crippen molar-refractivity contribution in [3.8, 4) is 0 Å². The third kappa shape index (κ3) is 3.71. The Morgan fingerprint density at radius 2 is 2.00 bits per heavy atom. The minimum absolute atomic E-state index is 0.0434. The highest BCUT2D eigenvalue weighted by Gasteiger charge is 2.19. The Bertz CT molecular complexity index is 995. The van der Waals surface area contributed by atoms with Gasteiger partial charge in [-0.1, -0.05) is 12.1 Å². The Morgan fingerprint density at radius 1 is 1.30 bits per heavy atom. The van der Waals surface area contributed by atoms with E-state index in [2.05, 4.69) is 4.98 Å². The summed E-state index contributed by atoms with van der Waals surface area (Å²) in [6.07, 6.45) is 3.96. The molecular weight excluding hydrogens is 350 g/mol. The number of rotatable bonds is 6. The molecule has 27 heavy (non-hydrogen) atoms. The van der Waals surface area contributed by atoms with E-state index in [0.29, 0.717) is 29.3 Å². The van der Waals surface area contributed by atoms with Crippen LogP contribution in [0.5, 0.6) is 0 Å². The molecule has 0 atom stereocenters. The number of carbonyl (C=O) groups excluding carboxylic acids is 1. The van der Waals surface area contributed by atoms with Crippen molar-refractivity contribution < 1.29 is 14.5 Å². The highest BCUT2D eigenvalue weighted by atomic mass is 16.6. The average Bonchev–Trinajstić information content (AvgIpc) is 3.13. The van der Waals surface area contributed by atoms with Gasteiger partial charge in [-0.3, -0.25) is 19.3 Å². The van der Waals surface area contributed by atoms with Crippen LogP contribution in [0.3, 0.4) is 0 Å². The quantitative estimate of drug-likeness (QED) is 0.372. The molecule has 3 rings (SSSR count). The Balaban J connectivity index is 2.05. The van der Waals surface area contributed by atoms with Gasteiger partial charge in [0.15, 0.2) is 0 Å². The maximum absolute atomic E-state index is 11.8. The summed E-state index contributed by atoms with van der Waals surface area (Å²) in [5.74, 6) is 0.984. The number of nitrogens with zero attached hydrogens (tertiary/aromatic N) is 5. The number of aromatic nitrogens is 3. The molecule has 0 aliphatic heterocycles. The number of hydrogen-bond donors (Lipinski definition) is 0. The number of esters is 1. The minimum atomic E-state index is -0.429. The van der Waals surface area contributed by atoms with Gasteiger partial charge in [-0.05, 0) is 5.56 Å². The first-order valence-electron chi connectivity index (χ1n) is 8.23. The number of nitro benzene ring substituents is 1. The largest absolute Gasteiger partial charge is 0.469 e. The topological polar surface area (TPSA) is 103 Å². The van der Waals surface area contributed by atoms with Crippen molar-refractivity contribution in [2.24, 2.45) is 0 Å². The molecule has 9 heteroatoms. The fraction of sp³-hybridized carbons (Fsp3) is 0.278. The summed E-state index contributed by atoms with van der Waals surface area (Å²) in [4.78, 5) is 33.1. The van der Waals surface area contributed by atoms with E-state index in [-0.39, 0.29) is 18.1 Å². The maximum atomic E-state index is 11.8. The van der Waals surface area contributed by atoms with Gasteiger partial charge >= 0.3 is 5.97 Å². The average molecular weight is 369 g/mol. The van der Waals surface area contributed by atoms with Gasteiger partial charge in [-0.25, -0.2) is 9.97 Å². The smallest absolute Gasteiger partial charge is 0.310 e. The van der Waals surface area contributed by atoms with E-state index in [1.807, 2.05) is 23.4 Å². The lowest BCUT2D eigenvalue weighted by molar-refractivity contribution is -0.384. The van der Waals surface area contributed by atoms with Gasteiger partial charge in [0.1, 0.15) is 17.3 Å². The Labute approximate surface area is 155 Å². The van der Waals surface area contributed by atoms with E-state index in [1.165, 1.54) is 19.2 Å². The molecule has 0 aliphatic rings. The van der Waals surface area contributed by atoms with Crippen LogP contribution in [0.4, 0.5) is 11.5 Å². The summed E-state index contributed by atoms with van der Waals surface area (Å²) < 4.78 is 6.62. The number of methoxy groups -OCH3 is 1. The van der Waals surface area contributed by atoms with Crippen molar-refractivity contribution in [2.75, 3.05) is 26.1 Å². The first-order valence-corrected chi connectivity index (χ1v) is 8.23. The summed E-state index contributed by atoms with van der Waals surface area (Å²) in [5, 5.41) is 10.8. The number of nitro groups is 1. The molecule has 0 fully saturated rings. The molecule has 3 aromatic rings. The van der Waals surface area contributed by atoms with Crippen LogP contribution in [-0.4, -0.2) is 46.5 Å². The van der Waals surface area contributed by atoms with Gasteiger partial charge < -0.3 is 9.64 Å². The molecule has 0 bridgehead atoms. The lowest BCUT2D eigenvalue weighted by Crippen LogP contribution is -2.19. The van der Waals surface area contributed by atoms with Crippen molar-refractivity contribution in [3.63, 3.8) is 0 Å². The summed E-state index contributed by atoms with van der Waals surface area (Å²) >= 11 is 0. The Morgan fingerprint density at radius 3 is 2.59 bits per heavy atom. The van der Waals surface area contributed by atoms with Gasteiger partial charge in [0, 0.05) is 50.6 Å². The highest BCUT2D eigenvalue weighted by molar-refractivity contribution is 5.78. The fourth-order valence-electron chi connectivity index (χ4n) is 2.87. The van der Waals surface area contributed by atoms with Gasteiger partial charge in [-0.2, -0.15) is 0 Å². The van der Waals surface area contributed by atoms with Crippen molar-refractivity contribution in [1.29, 1.82) is 0 Å². The zero-order chi connectivity index (χ0) is 19.6. The normalized spacial score (nSPS) is 10.8. The molecule has 0 unspecified atom stereocenters. The summed E-state index contributed by atoms with van der Waals surface area (Å²) in [6, 6.07) is 6.36. The molecule has 140 valence electrons. The number of hydrogen-bond acceptors (Lipinski definition) is 7. The summed E-state index contributed by atoms with van der Waals surface area (Å²) in [5.41, 5.74) is 2.25. The fourth-order valence-corrected chi connectivity index (χ4v) is 2.87. The number of benzene rings is 1. The predicted molar refractivity (Wildman–Crippen MR) is 98.9 cm³/mol. The monoisotopic (exact) mass is 369 g/mol. The van der Waals surface area contributed by atoms with Crippen molar-refractivity contribution >= 4 is 23.1 Å². The first kappa shape index (κ1) is 18.3. The summed E-state index contributed by atoms with van der Waals surface area (Å²) in [7, 11) is 5.03. The van der Waals surface area contributed by atoms with Crippen LogP contribution in [0, 0.1) is 10.1 Å². The molecule has 0 saturated heterocycles. The van der Waals surface area contributed by atoms with Crippen LogP contribution in [0.2, 0.25) is 0 Å². The number of carbonyl (C=O) groups is 1. The molecule has 0 amide bonds. The molecular formula is C18H19N5O4. The number of anilines is 1. The van der Waals surface area contributed by atoms with Crippen molar-refractivity contribution in [1.82, 2.24) is 14.4 Å². The molecule has 9 nitrogen and oxygen atoms in total. The van der Waals surface area contributed by atoms with Crippen molar-refractivity contribution in [2.45, 2.75) is 12.8 Å².